The lowest BCUT2D eigenvalue weighted by atomic mass is 10.2. The van der Waals surface area contributed by atoms with Crippen LogP contribution in [0.25, 0.3) is 0 Å². The van der Waals surface area contributed by atoms with Crippen LogP contribution < -0.4 is 14.4 Å². The number of fused-ring (bicyclic) bond motifs is 1. The highest BCUT2D eigenvalue weighted by atomic mass is 32.2. The molecule has 0 fully saturated rings. The minimum atomic E-state index is -4.87. The van der Waals surface area contributed by atoms with Gasteiger partial charge in [0.05, 0.1) is 23.4 Å². The molecule has 31 heavy (non-hydrogen) atoms. The number of carbonyl (C=O) groups is 2. The number of nitrogens with zero attached hydrogens (tertiary/aromatic N) is 1. The molecule has 0 spiro atoms. The second-order valence-electron chi connectivity index (χ2n) is 6.15. The van der Waals surface area contributed by atoms with Crippen molar-refractivity contribution in [2.24, 2.45) is 0 Å². The smallest absolute Gasteiger partial charge is 0.468 e. The van der Waals surface area contributed by atoms with E-state index in [2.05, 4.69) is 14.2 Å². The second-order valence-corrected chi connectivity index (χ2v) is 8.85. The number of thioether (sulfide) groups is 1. The van der Waals surface area contributed by atoms with Gasteiger partial charge in [-0.2, -0.15) is 0 Å². The number of sulfonamides is 1. The molecule has 166 valence electrons. The first kappa shape index (κ1) is 22.7. The Morgan fingerprint density at radius 1 is 1.19 bits per heavy atom. The predicted octanol–water partition coefficient (Wildman–Crippen LogP) is 3.00. The molecule has 0 radical (unpaired) electrons. The molecule has 0 atom stereocenters. The fourth-order valence-corrected chi connectivity index (χ4v) is 4.65. The molecular weight excluding hydrogens is 461 g/mol. The van der Waals surface area contributed by atoms with E-state index >= 15 is 0 Å². The van der Waals surface area contributed by atoms with Crippen molar-refractivity contribution in [2.45, 2.75) is 16.2 Å². The number of carbonyl (C=O) groups excluding carboxylic acids is 2. The molecule has 1 aliphatic rings. The molecule has 0 saturated carbocycles. The van der Waals surface area contributed by atoms with Crippen molar-refractivity contribution in [3.05, 3.63) is 42.5 Å². The van der Waals surface area contributed by atoms with Gasteiger partial charge in [0.25, 0.3) is 10.0 Å². The molecule has 13 heteroatoms. The van der Waals surface area contributed by atoms with Gasteiger partial charge in [-0.3, -0.25) is 19.2 Å². The van der Waals surface area contributed by atoms with Gasteiger partial charge >= 0.3 is 12.3 Å². The molecule has 1 amide bonds. The summed E-state index contributed by atoms with van der Waals surface area (Å²) < 4.78 is 72.8. The van der Waals surface area contributed by atoms with Gasteiger partial charge in [-0.05, 0) is 42.5 Å². The minimum Gasteiger partial charge on any atom is -0.468 e. The van der Waals surface area contributed by atoms with Crippen LogP contribution in [-0.4, -0.2) is 46.1 Å². The van der Waals surface area contributed by atoms with Crippen molar-refractivity contribution in [1.29, 1.82) is 0 Å². The molecule has 8 nitrogen and oxygen atoms in total. The fraction of sp³-hybridized carbons (Fsp3) is 0.222. The van der Waals surface area contributed by atoms with E-state index in [4.69, 9.17) is 0 Å². The van der Waals surface area contributed by atoms with Crippen LogP contribution in [0.15, 0.2) is 52.3 Å². The van der Waals surface area contributed by atoms with E-state index in [-0.39, 0.29) is 34.5 Å². The van der Waals surface area contributed by atoms with Gasteiger partial charge in [-0.25, -0.2) is 8.42 Å². The molecule has 0 bridgehead atoms. The summed E-state index contributed by atoms with van der Waals surface area (Å²) >= 11 is 1.20. The molecule has 1 aliphatic heterocycles. The average Bonchev–Trinajstić information content (AvgIpc) is 2.69. The number of esters is 1. The summed E-state index contributed by atoms with van der Waals surface area (Å²) in [6.07, 6.45) is -4.87. The lowest BCUT2D eigenvalue weighted by Crippen LogP contribution is -2.39. The van der Waals surface area contributed by atoms with Gasteiger partial charge in [0.2, 0.25) is 5.91 Å². The molecule has 3 rings (SSSR count). The van der Waals surface area contributed by atoms with Crippen molar-refractivity contribution in [2.75, 3.05) is 29.0 Å². The molecule has 2 aromatic rings. The molecule has 1 N–H and O–H groups in total. The zero-order valence-electron chi connectivity index (χ0n) is 15.8. The maximum atomic E-state index is 12.7. The van der Waals surface area contributed by atoms with Crippen LogP contribution in [0.3, 0.4) is 0 Å². The highest BCUT2D eigenvalue weighted by Crippen LogP contribution is 2.37. The molecule has 0 aromatic heterocycles. The Morgan fingerprint density at radius 2 is 1.87 bits per heavy atom. The Bertz CT molecular complexity index is 1100. The Hall–Kier alpha value is -2.93. The van der Waals surface area contributed by atoms with Crippen LogP contribution >= 0.6 is 11.8 Å². The number of alkyl halides is 3. The summed E-state index contributed by atoms with van der Waals surface area (Å²) in [4.78, 5) is 25.4. The largest absolute Gasteiger partial charge is 0.573 e. The van der Waals surface area contributed by atoms with Gasteiger partial charge < -0.3 is 9.47 Å². The number of halogens is 3. The van der Waals surface area contributed by atoms with Crippen LogP contribution in [-0.2, 0) is 24.3 Å². The van der Waals surface area contributed by atoms with Crippen molar-refractivity contribution >= 4 is 45.0 Å². The monoisotopic (exact) mass is 476 g/mol. The van der Waals surface area contributed by atoms with Gasteiger partial charge in [-0.15, -0.1) is 24.9 Å². The van der Waals surface area contributed by atoms with Crippen molar-refractivity contribution < 1.29 is 40.7 Å². The summed E-state index contributed by atoms with van der Waals surface area (Å²) in [7, 11) is -2.98. The summed E-state index contributed by atoms with van der Waals surface area (Å²) in [6.45, 7) is -0.375. The predicted molar refractivity (Wildman–Crippen MR) is 105 cm³/mol. The third-order valence-electron chi connectivity index (χ3n) is 4.04. The number of methoxy groups -OCH3 is 1. The van der Waals surface area contributed by atoms with E-state index in [1.807, 2.05) is 0 Å². The number of nitrogens with one attached hydrogen (secondary N) is 1. The topological polar surface area (TPSA) is 102 Å². The van der Waals surface area contributed by atoms with E-state index in [9.17, 15) is 31.2 Å². The van der Waals surface area contributed by atoms with Crippen LogP contribution in [0, 0.1) is 0 Å². The number of hydrogen-bond donors (Lipinski definition) is 1. The van der Waals surface area contributed by atoms with E-state index in [0.717, 1.165) is 29.2 Å². The Kier molecular flexibility index (Phi) is 6.36. The second kappa shape index (κ2) is 8.67. The van der Waals surface area contributed by atoms with Crippen LogP contribution in [0.1, 0.15) is 0 Å². The van der Waals surface area contributed by atoms with Gasteiger partial charge in [0, 0.05) is 10.6 Å². The van der Waals surface area contributed by atoms with E-state index in [1.54, 1.807) is 0 Å². The van der Waals surface area contributed by atoms with Gasteiger partial charge in [0.1, 0.15) is 12.3 Å². The number of rotatable bonds is 6. The molecule has 1 heterocycles. The van der Waals surface area contributed by atoms with E-state index < -0.39 is 28.1 Å². The quantitative estimate of drug-likeness (QED) is 0.640. The van der Waals surface area contributed by atoms with Crippen molar-refractivity contribution in [1.82, 2.24) is 0 Å². The molecular formula is C18H15F3N2O6S2. The first-order valence-electron chi connectivity index (χ1n) is 8.51. The average molecular weight is 476 g/mol. The maximum Gasteiger partial charge on any atom is 0.573 e. The van der Waals surface area contributed by atoms with E-state index in [0.29, 0.717) is 4.90 Å². The number of amides is 1. The summed E-state index contributed by atoms with van der Waals surface area (Å²) in [5.41, 5.74) is 0.243. The Labute approximate surface area is 179 Å². The van der Waals surface area contributed by atoms with Gasteiger partial charge in [0.15, 0.2) is 0 Å². The highest BCUT2D eigenvalue weighted by molar-refractivity contribution is 8.00. The molecule has 0 aliphatic carbocycles. The minimum absolute atomic E-state index is 0.00381. The third-order valence-corrected chi connectivity index (χ3v) is 6.47. The molecule has 0 unspecified atom stereocenters. The molecule has 0 saturated heterocycles. The number of ether oxygens (including phenoxy) is 2. The number of anilines is 2. The third kappa shape index (κ3) is 5.61. The van der Waals surface area contributed by atoms with Crippen LogP contribution in [0.5, 0.6) is 5.75 Å². The van der Waals surface area contributed by atoms with Crippen molar-refractivity contribution in [3.8, 4) is 5.75 Å². The lowest BCUT2D eigenvalue weighted by Gasteiger charge is -2.28. The summed E-state index contributed by atoms with van der Waals surface area (Å²) in [5.74, 6) is -1.47. The maximum absolute atomic E-state index is 12.7. The Balaban J connectivity index is 1.85. The van der Waals surface area contributed by atoms with Crippen LogP contribution in [0.4, 0.5) is 24.5 Å². The summed E-state index contributed by atoms with van der Waals surface area (Å²) in [5, 5.41) is 0. The molecule has 2 aromatic carbocycles. The zero-order valence-corrected chi connectivity index (χ0v) is 17.4. The van der Waals surface area contributed by atoms with Gasteiger partial charge in [-0.1, -0.05) is 0 Å². The Morgan fingerprint density at radius 3 is 2.48 bits per heavy atom. The lowest BCUT2D eigenvalue weighted by molar-refractivity contribution is -0.274. The first-order chi connectivity index (χ1) is 14.5. The van der Waals surface area contributed by atoms with E-state index in [1.165, 1.54) is 37.1 Å². The fourth-order valence-electron chi connectivity index (χ4n) is 2.65. The first-order valence-corrected chi connectivity index (χ1v) is 11.0. The zero-order chi connectivity index (χ0) is 22.8. The standard InChI is InChI=1S/C18H15F3N2O6S2/c1-28-17(25)9-23-14-8-13(6-7-15(14)30-10-16(23)24)31(26,27)22-11-2-4-12(5-3-11)29-18(19,20)21/h2-8,22H,9-10H2,1H3. The van der Waals surface area contributed by atoms with Crippen LogP contribution in [0.2, 0.25) is 0 Å². The summed E-state index contributed by atoms with van der Waals surface area (Å²) in [6, 6.07) is 8.22. The van der Waals surface area contributed by atoms with Crippen molar-refractivity contribution in [3.63, 3.8) is 0 Å². The number of benzene rings is 2. The normalized spacial score (nSPS) is 14.1. The number of hydrogen-bond acceptors (Lipinski definition) is 7. The highest BCUT2D eigenvalue weighted by Gasteiger charge is 2.31. The SMILES string of the molecule is COC(=O)CN1C(=O)CSc2ccc(S(=O)(=O)Nc3ccc(OC(F)(F)F)cc3)cc21.